The minimum Gasteiger partial charge on any atom is -0.494 e. The van der Waals surface area contributed by atoms with Crippen LogP contribution >= 0.6 is 0 Å². The molecule has 0 spiro atoms. The number of carbonyl (C=O) groups excluding carboxylic acids is 2. The van der Waals surface area contributed by atoms with Crippen molar-refractivity contribution in [3.05, 3.63) is 54.1 Å². The van der Waals surface area contributed by atoms with Crippen LogP contribution in [-0.2, 0) is 9.59 Å². The zero-order chi connectivity index (χ0) is 19.4. The number of ether oxygens (including phenoxy) is 1. The lowest BCUT2D eigenvalue weighted by Crippen LogP contribution is -2.28. The molecule has 5 heteroatoms. The van der Waals surface area contributed by atoms with Gasteiger partial charge in [-0.25, -0.2) is 0 Å². The lowest BCUT2D eigenvalue weighted by atomic mass is 10.0. The summed E-state index contributed by atoms with van der Waals surface area (Å²) < 4.78 is 5.40. The smallest absolute Gasteiger partial charge is 0.229 e. The average Bonchev–Trinajstić information content (AvgIpc) is 3.05. The van der Waals surface area contributed by atoms with E-state index in [0.717, 1.165) is 11.4 Å². The van der Waals surface area contributed by atoms with Crippen molar-refractivity contribution in [2.45, 2.75) is 33.1 Å². The van der Waals surface area contributed by atoms with Gasteiger partial charge in [-0.15, -0.1) is 0 Å². The van der Waals surface area contributed by atoms with Crippen LogP contribution < -0.4 is 15.0 Å². The van der Waals surface area contributed by atoms with Gasteiger partial charge in [0.1, 0.15) is 5.75 Å². The van der Waals surface area contributed by atoms with E-state index in [-0.39, 0.29) is 24.2 Å². The standard InChI is InChI=1S/C22H26N2O3/c1-4-27-20-11-7-18(8-12-20)23-22(26)17-13-21(25)24(14-17)19-9-5-16(6-10-19)15(2)3/h5-12,15,17H,4,13-14H2,1-3H3,(H,23,26)/t17-/m0/s1. The van der Waals surface area contributed by atoms with Crippen molar-refractivity contribution in [1.82, 2.24) is 0 Å². The van der Waals surface area contributed by atoms with Crippen molar-refractivity contribution < 1.29 is 14.3 Å². The summed E-state index contributed by atoms with van der Waals surface area (Å²) >= 11 is 0. The lowest BCUT2D eigenvalue weighted by molar-refractivity contribution is -0.122. The van der Waals surface area contributed by atoms with E-state index >= 15 is 0 Å². The zero-order valence-electron chi connectivity index (χ0n) is 16.1. The van der Waals surface area contributed by atoms with E-state index in [1.165, 1.54) is 5.56 Å². The topological polar surface area (TPSA) is 58.6 Å². The molecule has 2 amide bonds. The number of carbonyl (C=O) groups is 2. The molecule has 0 aliphatic carbocycles. The predicted molar refractivity (Wildman–Crippen MR) is 107 cm³/mol. The van der Waals surface area contributed by atoms with Crippen LogP contribution in [-0.4, -0.2) is 25.0 Å². The van der Waals surface area contributed by atoms with Crippen LogP contribution in [0.4, 0.5) is 11.4 Å². The largest absolute Gasteiger partial charge is 0.494 e. The summed E-state index contributed by atoms with van der Waals surface area (Å²) in [6, 6.07) is 15.3. The Morgan fingerprint density at radius 1 is 1.15 bits per heavy atom. The van der Waals surface area contributed by atoms with Gasteiger partial charge in [-0.1, -0.05) is 26.0 Å². The van der Waals surface area contributed by atoms with Gasteiger partial charge in [0.15, 0.2) is 0 Å². The number of anilines is 2. The number of hydrogen-bond donors (Lipinski definition) is 1. The molecule has 0 saturated carbocycles. The van der Waals surface area contributed by atoms with E-state index in [1.807, 2.05) is 55.5 Å². The molecule has 1 aliphatic heterocycles. The van der Waals surface area contributed by atoms with Crippen molar-refractivity contribution in [1.29, 1.82) is 0 Å². The monoisotopic (exact) mass is 366 g/mol. The zero-order valence-corrected chi connectivity index (χ0v) is 16.1. The molecule has 1 saturated heterocycles. The van der Waals surface area contributed by atoms with E-state index in [2.05, 4.69) is 19.2 Å². The maximum Gasteiger partial charge on any atom is 0.229 e. The number of nitrogens with zero attached hydrogens (tertiary/aromatic N) is 1. The first-order chi connectivity index (χ1) is 13.0. The van der Waals surface area contributed by atoms with Gasteiger partial charge < -0.3 is 15.0 Å². The van der Waals surface area contributed by atoms with Crippen LogP contribution in [0.25, 0.3) is 0 Å². The molecular weight excluding hydrogens is 340 g/mol. The van der Waals surface area contributed by atoms with Crippen molar-refractivity contribution >= 4 is 23.2 Å². The molecule has 0 radical (unpaired) electrons. The molecular formula is C22H26N2O3. The minimum absolute atomic E-state index is 0.0147. The van der Waals surface area contributed by atoms with E-state index in [4.69, 9.17) is 4.74 Å². The Balaban J connectivity index is 1.63. The van der Waals surface area contributed by atoms with E-state index in [1.54, 1.807) is 4.90 Å². The fraction of sp³-hybridized carbons (Fsp3) is 0.364. The lowest BCUT2D eigenvalue weighted by Gasteiger charge is -2.18. The molecule has 3 rings (SSSR count). The summed E-state index contributed by atoms with van der Waals surface area (Å²) in [7, 11) is 0. The molecule has 27 heavy (non-hydrogen) atoms. The first-order valence-corrected chi connectivity index (χ1v) is 9.42. The second-order valence-corrected chi connectivity index (χ2v) is 7.10. The van der Waals surface area contributed by atoms with Crippen LogP contribution in [0.1, 0.15) is 38.7 Å². The van der Waals surface area contributed by atoms with Gasteiger partial charge in [-0.05, 0) is 54.8 Å². The van der Waals surface area contributed by atoms with Crippen LogP contribution in [0.5, 0.6) is 5.75 Å². The van der Waals surface area contributed by atoms with Crippen molar-refractivity contribution in [2.75, 3.05) is 23.4 Å². The maximum atomic E-state index is 12.6. The SMILES string of the molecule is CCOc1ccc(NC(=O)[C@H]2CC(=O)N(c3ccc(C(C)C)cc3)C2)cc1. The first kappa shape index (κ1) is 19.0. The van der Waals surface area contributed by atoms with Crippen LogP contribution in [0, 0.1) is 5.92 Å². The van der Waals surface area contributed by atoms with Crippen LogP contribution in [0.2, 0.25) is 0 Å². The van der Waals surface area contributed by atoms with Gasteiger partial charge in [0.2, 0.25) is 11.8 Å². The Labute approximate surface area is 160 Å². The van der Waals surface area contributed by atoms with Gasteiger partial charge in [-0.2, -0.15) is 0 Å². The number of rotatable bonds is 6. The third kappa shape index (κ3) is 4.48. The normalized spacial score (nSPS) is 16.7. The van der Waals surface area contributed by atoms with Crippen LogP contribution in [0.15, 0.2) is 48.5 Å². The Morgan fingerprint density at radius 2 is 1.81 bits per heavy atom. The number of hydrogen-bond acceptors (Lipinski definition) is 3. The highest BCUT2D eigenvalue weighted by atomic mass is 16.5. The number of benzene rings is 2. The molecule has 142 valence electrons. The fourth-order valence-corrected chi connectivity index (χ4v) is 3.22. The first-order valence-electron chi connectivity index (χ1n) is 9.42. The Morgan fingerprint density at radius 3 is 2.41 bits per heavy atom. The van der Waals surface area contributed by atoms with E-state index in [0.29, 0.717) is 24.8 Å². The predicted octanol–water partition coefficient (Wildman–Crippen LogP) is 4.20. The second kappa shape index (κ2) is 8.25. The summed E-state index contributed by atoms with van der Waals surface area (Å²) in [5.41, 5.74) is 2.78. The fourth-order valence-electron chi connectivity index (χ4n) is 3.22. The summed E-state index contributed by atoms with van der Waals surface area (Å²) in [4.78, 5) is 26.7. The highest BCUT2D eigenvalue weighted by Crippen LogP contribution is 2.28. The average molecular weight is 366 g/mol. The van der Waals surface area contributed by atoms with E-state index < -0.39 is 0 Å². The molecule has 0 bridgehead atoms. The maximum absolute atomic E-state index is 12.6. The van der Waals surface area contributed by atoms with Gasteiger partial charge in [0.25, 0.3) is 0 Å². The highest BCUT2D eigenvalue weighted by molar-refractivity contribution is 6.03. The summed E-state index contributed by atoms with van der Waals surface area (Å²) in [6.45, 7) is 7.20. The Hall–Kier alpha value is -2.82. The molecule has 1 aliphatic rings. The van der Waals surface area contributed by atoms with Gasteiger partial charge >= 0.3 is 0 Å². The van der Waals surface area contributed by atoms with Crippen LogP contribution in [0.3, 0.4) is 0 Å². The van der Waals surface area contributed by atoms with Crippen molar-refractivity contribution in [2.24, 2.45) is 5.92 Å². The molecule has 1 N–H and O–H groups in total. The number of amides is 2. The molecule has 2 aromatic carbocycles. The number of nitrogens with one attached hydrogen (secondary N) is 1. The van der Waals surface area contributed by atoms with Gasteiger partial charge in [0.05, 0.1) is 12.5 Å². The third-order valence-electron chi connectivity index (χ3n) is 4.80. The molecule has 1 atom stereocenters. The third-order valence-corrected chi connectivity index (χ3v) is 4.80. The van der Waals surface area contributed by atoms with Crippen molar-refractivity contribution in [3.8, 4) is 5.75 Å². The molecule has 0 aromatic heterocycles. The molecule has 2 aromatic rings. The van der Waals surface area contributed by atoms with Crippen molar-refractivity contribution in [3.63, 3.8) is 0 Å². The molecule has 1 heterocycles. The van der Waals surface area contributed by atoms with Gasteiger partial charge in [0, 0.05) is 24.3 Å². The Kier molecular flexibility index (Phi) is 5.79. The molecule has 0 unspecified atom stereocenters. The second-order valence-electron chi connectivity index (χ2n) is 7.10. The quantitative estimate of drug-likeness (QED) is 0.833. The van der Waals surface area contributed by atoms with Gasteiger partial charge in [-0.3, -0.25) is 9.59 Å². The van der Waals surface area contributed by atoms with E-state index in [9.17, 15) is 9.59 Å². The highest BCUT2D eigenvalue weighted by Gasteiger charge is 2.35. The minimum atomic E-state index is -0.353. The summed E-state index contributed by atoms with van der Waals surface area (Å²) in [5.74, 6) is 0.713. The molecule has 5 nitrogen and oxygen atoms in total. The summed E-state index contributed by atoms with van der Waals surface area (Å²) in [6.07, 6.45) is 0.231. The summed E-state index contributed by atoms with van der Waals surface area (Å²) in [5, 5.41) is 2.90. The molecule has 1 fully saturated rings. The Bertz CT molecular complexity index is 797.